The van der Waals surface area contributed by atoms with Gasteiger partial charge in [0.25, 0.3) is 0 Å². The van der Waals surface area contributed by atoms with Crippen molar-refractivity contribution in [2.75, 3.05) is 60.0 Å². The smallest absolute Gasteiger partial charge is 0.0593 e. The maximum absolute atomic E-state index is 5.63. The predicted molar refractivity (Wildman–Crippen MR) is 86.3 cm³/mol. The number of nitrogens with one attached hydrogen (secondary N) is 1. The molecule has 0 aromatic rings. The molecule has 0 aliphatic carbocycles. The van der Waals surface area contributed by atoms with Gasteiger partial charge in [-0.05, 0) is 59.3 Å². The topological polar surface area (TPSA) is 27.7 Å². The second-order valence-corrected chi connectivity index (χ2v) is 6.36. The second kappa shape index (κ2) is 10.6. The fourth-order valence-electron chi connectivity index (χ4n) is 2.89. The van der Waals surface area contributed by atoms with E-state index in [0.717, 1.165) is 32.2 Å². The molecule has 0 aromatic heterocycles. The van der Waals surface area contributed by atoms with Gasteiger partial charge in [-0.15, -0.1) is 0 Å². The van der Waals surface area contributed by atoms with Gasteiger partial charge >= 0.3 is 0 Å². The van der Waals surface area contributed by atoms with Crippen molar-refractivity contribution in [3.05, 3.63) is 0 Å². The number of hydrogen-bond donors (Lipinski definition) is 1. The third-order valence-electron chi connectivity index (χ3n) is 4.18. The zero-order valence-corrected chi connectivity index (χ0v) is 14.0. The summed E-state index contributed by atoms with van der Waals surface area (Å²) in [4.78, 5) is 4.78. The monoisotopic (exact) mass is 285 g/mol. The first-order valence-electron chi connectivity index (χ1n) is 8.31. The minimum atomic E-state index is 0.604. The van der Waals surface area contributed by atoms with Gasteiger partial charge in [0.2, 0.25) is 0 Å². The van der Waals surface area contributed by atoms with Crippen LogP contribution in [-0.2, 0) is 4.74 Å². The van der Waals surface area contributed by atoms with Crippen molar-refractivity contribution in [3.8, 4) is 0 Å². The zero-order chi connectivity index (χ0) is 14.8. The van der Waals surface area contributed by atoms with Crippen LogP contribution in [0.5, 0.6) is 0 Å². The molecule has 0 radical (unpaired) electrons. The Bertz CT molecular complexity index is 234. The molecule has 0 amide bonds. The number of rotatable bonds is 10. The van der Waals surface area contributed by atoms with Crippen molar-refractivity contribution in [1.82, 2.24) is 15.1 Å². The molecule has 4 heteroatoms. The van der Waals surface area contributed by atoms with Crippen molar-refractivity contribution in [2.45, 2.75) is 39.2 Å². The minimum absolute atomic E-state index is 0.604. The van der Waals surface area contributed by atoms with Crippen LogP contribution in [0, 0.1) is 5.92 Å². The van der Waals surface area contributed by atoms with Gasteiger partial charge in [0.1, 0.15) is 0 Å². The van der Waals surface area contributed by atoms with E-state index in [4.69, 9.17) is 4.74 Å². The summed E-state index contributed by atoms with van der Waals surface area (Å²) in [5, 5.41) is 3.64. The molecule has 2 unspecified atom stereocenters. The molecular weight excluding hydrogens is 250 g/mol. The Hall–Kier alpha value is -0.160. The molecule has 2 atom stereocenters. The molecule has 0 saturated carbocycles. The third-order valence-corrected chi connectivity index (χ3v) is 4.18. The molecule has 1 aliphatic rings. The number of ether oxygens (including phenoxy) is 1. The number of hydrogen-bond acceptors (Lipinski definition) is 4. The molecule has 1 heterocycles. The van der Waals surface area contributed by atoms with Crippen molar-refractivity contribution < 1.29 is 4.74 Å². The Kier molecular flexibility index (Phi) is 9.44. The molecule has 0 spiro atoms. The minimum Gasteiger partial charge on any atom is -0.379 e. The van der Waals surface area contributed by atoms with Gasteiger partial charge in [0.05, 0.1) is 13.2 Å². The second-order valence-electron chi connectivity index (χ2n) is 6.36. The van der Waals surface area contributed by atoms with Gasteiger partial charge in [-0.2, -0.15) is 0 Å². The molecular formula is C16H35N3O. The highest BCUT2D eigenvalue weighted by atomic mass is 16.5. The number of piperidine rings is 1. The molecule has 1 aliphatic heterocycles. The Morgan fingerprint density at radius 1 is 1.35 bits per heavy atom. The fraction of sp³-hybridized carbons (Fsp3) is 1.00. The standard InChI is InChI=1S/C16H35N3O/c1-5-9-19-10-6-7-16(14-19)15(2)17-8-12-20-13-11-18(3)4/h15-17H,5-14H2,1-4H3. The van der Waals surface area contributed by atoms with E-state index in [1.807, 2.05) is 0 Å². The van der Waals surface area contributed by atoms with E-state index >= 15 is 0 Å². The summed E-state index contributed by atoms with van der Waals surface area (Å²) in [6.45, 7) is 12.1. The lowest BCUT2D eigenvalue weighted by Gasteiger charge is -2.36. The van der Waals surface area contributed by atoms with E-state index in [2.05, 4.69) is 43.1 Å². The van der Waals surface area contributed by atoms with Crippen LogP contribution < -0.4 is 5.32 Å². The van der Waals surface area contributed by atoms with Crippen molar-refractivity contribution in [3.63, 3.8) is 0 Å². The lowest BCUT2D eigenvalue weighted by molar-refractivity contribution is 0.110. The predicted octanol–water partition coefficient (Wildman–Crippen LogP) is 1.66. The van der Waals surface area contributed by atoms with Gasteiger partial charge in [-0.1, -0.05) is 6.92 Å². The zero-order valence-electron chi connectivity index (χ0n) is 14.0. The average Bonchev–Trinajstić information content (AvgIpc) is 2.43. The number of likely N-dealkylation sites (tertiary alicyclic amines) is 1. The van der Waals surface area contributed by atoms with E-state index in [1.54, 1.807) is 0 Å². The Morgan fingerprint density at radius 3 is 2.85 bits per heavy atom. The molecule has 1 fully saturated rings. The lowest BCUT2D eigenvalue weighted by Crippen LogP contribution is -2.45. The summed E-state index contributed by atoms with van der Waals surface area (Å²) in [5.41, 5.74) is 0. The Labute approximate surface area is 125 Å². The maximum atomic E-state index is 5.63. The summed E-state index contributed by atoms with van der Waals surface area (Å²) in [5.74, 6) is 0.803. The molecule has 4 nitrogen and oxygen atoms in total. The van der Waals surface area contributed by atoms with Crippen LogP contribution in [0.1, 0.15) is 33.1 Å². The molecule has 1 saturated heterocycles. The van der Waals surface area contributed by atoms with Gasteiger partial charge in [0, 0.05) is 25.7 Å². The SMILES string of the molecule is CCCN1CCCC(C(C)NCCOCCN(C)C)C1. The van der Waals surface area contributed by atoms with Crippen LogP contribution in [-0.4, -0.2) is 75.9 Å². The Balaban J connectivity index is 2.07. The van der Waals surface area contributed by atoms with Crippen molar-refractivity contribution >= 4 is 0 Å². The van der Waals surface area contributed by atoms with Gasteiger partial charge in [-0.3, -0.25) is 0 Å². The normalized spacial score (nSPS) is 22.4. The molecule has 0 aromatic carbocycles. The summed E-state index contributed by atoms with van der Waals surface area (Å²) in [7, 11) is 4.16. The molecule has 1 rings (SSSR count). The first-order valence-corrected chi connectivity index (χ1v) is 8.31. The van der Waals surface area contributed by atoms with Crippen LogP contribution in [0.15, 0.2) is 0 Å². The van der Waals surface area contributed by atoms with E-state index in [-0.39, 0.29) is 0 Å². The highest BCUT2D eigenvalue weighted by Crippen LogP contribution is 2.19. The largest absolute Gasteiger partial charge is 0.379 e. The van der Waals surface area contributed by atoms with Crippen LogP contribution in [0.4, 0.5) is 0 Å². The highest BCUT2D eigenvalue weighted by Gasteiger charge is 2.23. The number of likely N-dealkylation sites (N-methyl/N-ethyl adjacent to an activating group) is 1. The van der Waals surface area contributed by atoms with Crippen LogP contribution in [0.2, 0.25) is 0 Å². The van der Waals surface area contributed by atoms with E-state index in [0.29, 0.717) is 6.04 Å². The van der Waals surface area contributed by atoms with Crippen molar-refractivity contribution in [2.24, 2.45) is 5.92 Å². The summed E-state index contributed by atoms with van der Waals surface area (Å²) < 4.78 is 5.63. The van der Waals surface area contributed by atoms with E-state index in [9.17, 15) is 0 Å². The molecule has 0 bridgehead atoms. The van der Waals surface area contributed by atoms with Crippen LogP contribution in [0.3, 0.4) is 0 Å². The Morgan fingerprint density at radius 2 is 2.15 bits per heavy atom. The highest BCUT2D eigenvalue weighted by molar-refractivity contribution is 4.80. The summed E-state index contributed by atoms with van der Waals surface area (Å²) in [6, 6.07) is 0.604. The van der Waals surface area contributed by atoms with Crippen LogP contribution in [0.25, 0.3) is 0 Å². The fourth-order valence-corrected chi connectivity index (χ4v) is 2.89. The van der Waals surface area contributed by atoms with E-state index < -0.39 is 0 Å². The third kappa shape index (κ3) is 7.58. The van der Waals surface area contributed by atoms with Crippen LogP contribution >= 0.6 is 0 Å². The van der Waals surface area contributed by atoms with Gasteiger partial charge in [0.15, 0.2) is 0 Å². The van der Waals surface area contributed by atoms with Gasteiger partial charge in [-0.25, -0.2) is 0 Å². The summed E-state index contributed by atoms with van der Waals surface area (Å²) in [6.07, 6.45) is 4.00. The first-order chi connectivity index (χ1) is 9.63. The molecule has 20 heavy (non-hydrogen) atoms. The van der Waals surface area contributed by atoms with Crippen molar-refractivity contribution in [1.29, 1.82) is 0 Å². The first kappa shape index (κ1) is 17.9. The molecule has 1 N–H and O–H groups in total. The average molecular weight is 285 g/mol. The maximum Gasteiger partial charge on any atom is 0.0593 e. The van der Waals surface area contributed by atoms with E-state index in [1.165, 1.54) is 38.9 Å². The summed E-state index contributed by atoms with van der Waals surface area (Å²) >= 11 is 0. The number of nitrogens with zero attached hydrogens (tertiary/aromatic N) is 2. The van der Waals surface area contributed by atoms with Gasteiger partial charge < -0.3 is 19.9 Å². The lowest BCUT2D eigenvalue weighted by atomic mass is 9.91. The quantitative estimate of drug-likeness (QED) is 0.618. The molecule has 120 valence electrons.